The summed E-state index contributed by atoms with van der Waals surface area (Å²) in [4.78, 5) is 18.8. The second-order valence-electron chi connectivity index (χ2n) is 6.91. The molecular formula is C18H26FN3O2. The van der Waals surface area contributed by atoms with Gasteiger partial charge in [-0.3, -0.25) is 9.69 Å². The van der Waals surface area contributed by atoms with Crippen molar-refractivity contribution in [2.24, 2.45) is 0 Å². The highest BCUT2D eigenvalue weighted by molar-refractivity contribution is 5.79. The van der Waals surface area contributed by atoms with Crippen LogP contribution in [0.3, 0.4) is 0 Å². The van der Waals surface area contributed by atoms with Crippen molar-refractivity contribution in [1.29, 1.82) is 0 Å². The number of carbonyl (C=O) groups excluding carboxylic acids is 1. The van der Waals surface area contributed by atoms with Gasteiger partial charge in [0.2, 0.25) is 5.91 Å². The molecule has 0 saturated carbocycles. The van der Waals surface area contributed by atoms with Crippen molar-refractivity contribution in [1.82, 2.24) is 14.7 Å². The summed E-state index contributed by atoms with van der Waals surface area (Å²) in [7, 11) is 2.11. The largest absolute Gasteiger partial charge is 0.390 e. The first-order valence-corrected chi connectivity index (χ1v) is 8.66. The average molecular weight is 335 g/mol. The molecule has 2 saturated heterocycles. The van der Waals surface area contributed by atoms with E-state index in [4.69, 9.17) is 0 Å². The van der Waals surface area contributed by atoms with Gasteiger partial charge < -0.3 is 14.9 Å². The number of aliphatic hydroxyl groups is 1. The number of piperazine rings is 1. The maximum atomic E-state index is 13.2. The number of rotatable bonds is 3. The van der Waals surface area contributed by atoms with Crippen molar-refractivity contribution in [3.8, 4) is 0 Å². The van der Waals surface area contributed by atoms with Crippen molar-refractivity contribution in [3.63, 3.8) is 0 Å². The Morgan fingerprint density at radius 3 is 2.67 bits per heavy atom. The topological polar surface area (TPSA) is 47.0 Å². The number of likely N-dealkylation sites (tertiary alicyclic amines) is 1. The molecule has 2 atom stereocenters. The van der Waals surface area contributed by atoms with E-state index in [0.717, 1.165) is 32.6 Å². The third-order valence-electron chi connectivity index (χ3n) is 5.15. The van der Waals surface area contributed by atoms with E-state index in [9.17, 15) is 14.3 Å². The first-order chi connectivity index (χ1) is 11.5. The van der Waals surface area contributed by atoms with Gasteiger partial charge in [-0.15, -0.1) is 0 Å². The van der Waals surface area contributed by atoms with Crippen LogP contribution in [0.4, 0.5) is 4.39 Å². The van der Waals surface area contributed by atoms with Crippen LogP contribution in [0.1, 0.15) is 12.0 Å². The molecule has 0 aromatic heterocycles. The first kappa shape index (κ1) is 17.3. The maximum Gasteiger partial charge on any atom is 0.227 e. The van der Waals surface area contributed by atoms with Gasteiger partial charge >= 0.3 is 0 Å². The predicted octanol–water partition coefficient (Wildman–Crippen LogP) is 0.577. The molecule has 24 heavy (non-hydrogen) atoms. The Bertz CT molecular complexity index is 575. The molecule has 0 radical (unpaired) electrons. The van der Waals surface area contributed by atoms with Crippen molar-refractivity contribution in [2.45, 2.75) is 25.0 Å². The fourth-order valence-electron chi connectivity index (χ4n) is 3.66. The highest BCUT2D eigenvalue weighted by Crippen LogP contribution is 2.19. The van der Waals surface area contributed by atoms with Crippen molar-refractivity contribution in [2.75, 3.05) is 46.3 Å². The number of amides is 1. The maximum absolute atomic E-state index is 13.2. The monoisotopic (exact) mass is 335 g/mol. The predicted molar refractivity (Wildman–Crippen MR) is 90.2 cm³/mol. The molecule has 2 aliphatic rings. The quantitative estimate of drug-likeness (QED) is 0.878. The molecule has 2 heterocycles. The van der Waals surface area contributed by atoms with Crippen LogP contribution in [-0.2, 0) is 11.2 Å². The van der Waals surface area contributed by atoms with E-state index < -0.39 is 6.10 Å². The van der Waals surface area contributed by atoms with Gasteiger partial charge in [-0.1, -0.05) is 12.1 Å². The zero-order valence-corrected chi connectivity index (χ0v) is 14.2. The molecule has 5 nitrogen and oxygen atoms in total. The summed E-state index contributed by atoms with van der Waals surface area (Å²) >= 11 is 0. The van der Waals surface area contributed by atoms with Gasteiger partial charge in [0.05, 0.1) is 12.5 Å². The van der Waals surface area contributed by atoms with E-state index >= 15 is 0 Å². The standard InChI is InChI=1S/C18H26FN3O2/c1-20-7-9-21(10-8-20)16-5-6-22(13-17(16)23)18(24)12-14-3-2-4-15(19)11-14/h2-4,11,16-17,23H,5-10,12-13H2,1H3/t16-,17-/m1/s1. The first-order valence-electron chi connectivity index (χ1n) is 8.66. The van der Waals surface area contributed by atoms with E-state index in [1.54, 1.807) is 17.0 Å². The van der Waals surface area contributed by atoms with Crippen LogP contribution in [0.5, 0.6) is 0 Å². The minimum atomic E-state index is -0.515. The molecule has 2 aliphatic heterocycles. The van der Waals surface area contributed by atoms with E-state index in [1.807, 2.05) is 0 Å². The third-order valence-corrected chi connectivity index (χ3v) is 5.15. The van der Waals surface area contributed by atoms with Gasteiger partial charge in [-0.2, -0.15) is 0 Å². The Kier molecular flexibility index (Phi) is 5.48. The Hall–Kier alpha value is -1.50. The minimum absolute atomic E-state index is 0.0449. The normalized spacial score (nSPS) is 26.5. The van der Waals surface area contributed by atoms with Crippen LogP contribution in [0.15, 0.2) is 24.3 Å². The Morgan fingerprint density at radius 1 is 1.25 bits per heavy atom. The Labute approximate surface area is 142 Å². The number of β-amino-alcohol motifs (C(OH)–C–C–N with tert-alkyl or cyclic N) is 1. The van der Waals surface area contributed by atoms with Crippen LogP contribution in [0.2, 0.25) is 0 Å². The van der Waals surface area contributed by atoms with E-state index in [2.05, 4.69) is 16.8 Å². The SMILES string of the molecule is CN1CCN([C@@H]2CCN(C(=O)Cc3cccc(F)c3)C[C@H]2O)CC1. The summed E-state index contributed by atoms with van der Waals surface area (Å²) in [5, 5.41) is 10.5. The van der Waals surface area contributed by atoms with Gasteiger partial charge in [-0.25, -0.2) is 4.39 Å². The molecule has 6 heteroatoms. The lowest BCUT2D eigenvalue weighted by Gasteiger charge is -2.44. The summed E-state index contributed by atoms with van der Waals surface area (Å²) in [6.07, 6.45) is 0.460. The molecule has 0 spiro atoms. The summed E-state index contributed by atoms with van der Waals surface area (Å²) in [5.41, 5.74) is 0.677. The van der Waals surface area contributed by atoms with Crippen molar-refractivity contribution in [3.05, 3.63) is 35.6 Å². The fraction of sp³-hybridized carbons (Fsp3) is 0.611. The molecule has 0 aliphatic carbocycles. The number of benzene rings is 1. The van der Waals surface area contributed by atoms with Crippen molar-refractivity contribution >= 4 is 5.91 Å². The average Bonchev–Trinajstić information content (AvgIpc) is 2.56. The fourth-order valence-corrected chi connectivity index (χ4v) is 3.66. The number of aliphatic hydroxyl groups excluding tert-OH is 1. The third kappa shape index (κ3) is 4.12. The van der Waals surface area contributed by atoms with E-state index in [-0.39, 0.29) is 24.2 Å². The summed E-state index contributed by atoms with van der Waals surface area (Å²) < 4.78 is 13.2. The highest BCUT2D eigenvalue weighted by atomic mass is 19.1. The minimum Gasteiger partial charge on any atom is -0.390 e. The van der Waals surface area contributed by atoms with Crippen LogP contribution in [0.25, 0.3) is 0 Å². The van der Waals surface area contributed by atoms with Gasteiger partial charge in [0.25, 0.3) is 0 Å². The molecule has 1 amide bonds. The van der Waals surface area contributed by atoms with Gasteiger partial charge in [0.15, 0.2) is 0 Å². The van der Waals surface area contributed by atoms with Gasteiger partial charge in [0.1, 0.15) is 5.82 Å². The van der Waals surface area contributed by atoms with Crippen LogP contribution >= 0.6 is 0 Å². The Morgan fingerprint density at radius 2 is 2.00 bits per heavy atom. The molecule has 0 bridgehead atoms. The Balaban J connectivity index is 1.54. The number of hydrogen-bond acceptors (Lipinski definition) is 4. The zero-order valence-electron chi connectivity index (χ0n) is 14.2. The molecule has 0 unspecified atom stereocenters. The van der Waals surface area contributed by atoms with E-state index in [1.165, 1.54) is 12.1 Å². The van der Waals surface area contributed by atoms with Gasteiger partial charge in [0, 0.05) is 45.3 Å². The number of carbonyl (C=O) groups is 1. The lowest BCUT2D eigenvalue weighted by Crippen LogP contribution is -2.59. The number of piperidine rings is 1. The second kappa shape index (κ2) is 7.59. The number of likely N-dealkylation sites (N-methyl/N-ethyl adjacent to an activating group) is 1. The van der Waals surface area contributed by atoms with Gasteiger partial charge in [-0.05, 0) is 31.2 Å². The molecule has 1 N–H and O–H groups in total. The van der Waals surface area contributed by atoms with Crippen LogP contribution < -0.4 is 0 Å². The van der Waals surface area contributed by atoms with Crippen LogP contribution in [0, 0.1) is 5.82 Å². The molecule has 1 aromatic carbocycles. The second-order valence-corrected chi connectivity index (χ2v) is 6.91. The lowest BCUT2D eigenvalue weighted by atomic mass is 9.98. The molecular weight excluding hydrogens is 309 g/mol. The highest BCUT2D eigenvalue weighted by Gasteiger charge is 2.34. The molecule has 3 rings (SSSR count). The zero-order chi connectivity index (χ0) is 17.1. The van der Waals surface area contributed by atoms with E-state index in [0.29, 0.717) is 18.7 Å². The molecule has 1 aromatic rings. The smallest absolute Gasteiger partial charge is 0.227 e. The lowest BCUT2D eigenvalue weighted by molar-refractivity contribution is -0.135. The molecule has 2 fully saturated rings. The summed E-state index contributed by atoms with van der Waals surface area (Å²) in [6.45, 7) is 5.00. The number of nitrogens with zero attached hydrogens (tertiary/aromatic N) is 3. The summed E-state index contributed by atoms with van der Waals surface area (Å²) in [6, 6.07) is 6.28. The summed E-state index contributed by atoms with van der Waals surface area (Å²) in [5.74, 6) is -0.370. The molecule has 132 valence electrons. The van der Waals surface area contributed by atoms with Crippen LogP contribution in [-0.4, -0.2) is 84.2 Å². The number of hydrogen-bond donors (Lipinski definition) is 1. The number of halogens is 1. The van der Waals surface area contributed by atoms with Crippen molar-refractivity contribution < 1.29 is 14.3 Å².